The summed E-state index contributed by atoms with van der Waals surface area (Å²) in [4.78, 5) is 12.4. The van der Waals surface area contributed by atoms with Crippen molar-refractivity contribution in [3.05, 3.63) is 64.7 Å². The lowest BCUT2D eigenvalue weighted by atomic mass is 10.1. The van der Waals surface area contributed by atoms with E-state index in [1.165, 1.54) is 17.3 Å². The Balaban J connectivity index is 1.65. The Labute approximate surface area is 174 Å². The van der Waals surface area contributed by atoms with Crippen LogP contribution in [0.25, 0.3) is 11.4 Å². The molecule has 0 spiro atoms. The zero-order valence-electron chi connectivity index (χ0n) is 16.1. The van der Waals surface area contributed by atoms with Crippen molar-refractivity contribution in [3.8, 4) is 11.4 Å². The number of thioether (sulfide) groups is 1. The number of carbonyl (C=O) groups excluding carboxylic acids is 1. The number of halogens is 1. The Morgan fingerprint density at radius 1 is 1.21 bits per heavy atom. The Morgan fingerprint density at radius 2 is 2.00 bits per heavy atom. The van der Waals surface area contributed by atoms with Gasteiger partial charge in [0, 0.05) is 17.1 Å². The number of aryl methyl sites for hydroxylation is 1. The molecule has 1 amide bonds. The number of nitrogens with one attached hydrogen (secondary N) is 1. The Hall–Kier alpha value is -2.31. The normalized spacial score (nSPS) is 12.0. The fourth-order valence-electron chi connectivity index (χ4n) is 2.95. The van der Waals surface area contributed by atoms with Crippen molar-refractivity contribution in [1.82, 2.24) is 20.1 Å². The molecule has 3 aromatic rings. The minimum Gasteiger partial charge on any atom is -0.349 e. The van der Waals surface area contributed by atoms with E-state index in [1.807, 2.05) is 54.8 Å². The monoisotopic (exact) mass is 414 g/mol. The molecule has 0 bridgehead atoms. The molecule has 1 heterocycles. The predicted molar refractivity (Wildman–Crippen MR) is 115 cm³/mol. The first-order valence-corrected chi connectivity index (χ1v) is 10.5. The van der Waals surface area contributed by atoms with Crippen molar-refractivity contribution >= 4 is 29.3 Å². The van der Waals surface area contributed by atoms with Crippen LogP contribution in [0.1, 0.15) is 31.0 Å². The molecule has 146 valence electrons. The number of benzene rings is 2. The van der Waals surface area contributed by atoms with Gasteiger partial charge in [0.2, 0.25) is 5.91 Å². The number of hydrogen-bond donors (Lipinski definition) is 1. The highest BCUT2D eigenvalue weighted by Gasteiger charge is 2.16. The summed E-state index contributed by atoms with van der Waals surface area (Å²) in [5.74, 6) is 1.04. The summed E-state index contributed by atoms with van der Waals surface area (Å²) in [6, 6.07) is 15.6. The lowest BCUT2D eigenvalue weighted by Crippen LogP contribution is -2.28. The molecule has 1 unspecified atom stereocenters. The van der Waals surface area contributed by atoms with Crippen molar-refractivity contribution in [2.45, 2.75) is 38.5 Å². The third-order valence-electron chi connectivity index (χ3n) is 4.37. The van der Waals surface area contributed by atoms with Crippen LogP contribution in [-0.2, 0) is 11.3 Å². The molecule has 0 fully saturated rings. The van der Waals surface area contributed by atoms with Gasteiger partial charge in [0.1, 0.15) is 0 Å². The van der Waals surface area contributed by atoms with Crippen LogP contribution in [-0.4, -0.2) is 26.4 Å². The van der Waals surface area contributed by atoms with Crippen LogP contribution in [0.4, 0.5) is 0 Å². The van der Waals surface area contributed by atoms with Crippen LogP contribution in [0.2, 0.25) is 5.02 Å². The van der Waals surface area contributed by atoms with Crippen LogP contribution >= 0.6 is 23.4 Å². The predicted octanol–water partition coefficient (Wildman–Crippen LogP) is 4.90. The van der Waals surface area contributed by atoms with Gasteiger partial charge >= 0.3 is 0 Å². The van der Waals surface area contributed by atoms with Crippen molar-refractivity contribution in [2.75, 3.05) is 5.75 Å². The van der Waals surface area contributed by atoms with Gasteiger partial charge < -0.3 is 9.88 Å². The van der Waals surface area contributed by atoms with Gasteiger partial charge in [-0.15, -0.1) is 10.2 Å². The van der Waals surface area contributed by atoms with Crippen molar-refractivity contribution in [2.24, 2.45) is 0 Å². The van der Waals surface area contributed by atoms with Crippen LogP contribution in [0, 0.1) is 6.92 Å². The molecule has 3 rings (SSSR count). The molecular formula is C21H23ClN4OS. The topological polar surface area (TPSA) is 59.8 Å². The van der Waals surface area contributed by atoms with E-state index in [1.54, 1.807) is 0 Å². The van der Waals surface area contributed by atoms with E-state index in [0.29, 0.717) is 5.02 Å². The SMILES string of the molecule is CCn1c(SCC(=O)NC(C)c2cccc(Cl)c2)nnc1-c1cccc(C)c1. The van der Waals surface area contributed by atoms with Gasteiger partial charge in [-0.05, 0) is 44.5 Å². The summed E-state index contributed by atoms with van der Waals surface area (Å²) in [7, 11) is 0. The van der Waals surface area contributed by atoms with Crippen LogP contribution in [0.5, 0.6) is 0 Å². The van der Waals surface area contributed by atoms with Gasteiger partial charge in [-0.3, -0.25) is 4.79 Å². The smallest absolute Gasteiger partial charge is 0.230 e. The van der Waals surface area contributed by atoms with E-state index in [4.69, 9.17) is 11.6 Å². The molecule has 1 N–H and O–H groups in total. The third kappa shape index (κ3) is 4.94. The van der Waals surface area contributed by atoms with E-state index in [0.717, 1.165) is 28.7 Å². The van der Waals surface area contributed by atoms with Gasteiger partial charge in [-0.2, -0.15) is 0 Å². The van der Waals surface area contributed by atoms with Crippen LogP contribution in [0.3, 0.4) is 0 Å². The number of rotatable bonds is 7. The zero-order valence-corrected chi connectivity index (χ0v) is 17.7. The second-order valence-corrected chi connectivity index (χ2v) is 7.93. The highest BCUT2D eigenvalue weighted by Crippen LogP contribution is 2.25. The van der Waals surface area contributed by atoms with E-state index in [2.05, 4.69) is 34.6 Å². The van der Waals surface area contributed by atoms with Crippen molar-refractivity contribution in [3.63, 3.8) is 0 Å². The molecule has 0 saturated carbocycles. The number of amides is 1. The molecule has 0 aliphatic heterocycles. The minimum absolute atomic E-state index is 0.0553. The molecule has 0 saturated heterocycles. The Kier molecular flexibility index (Phi) is 6.75. The average molecular weight is 415 g/mol. The molecule has 1 atom stereocenters. The number of aromatic nitrogens is 3. The van der Waals surface area contributed by atoms with Gasteiger partial charge in [-0.1, -0.05) is 59.3 Å². The largest absolute Gasteiger partial charge is 0.349 e. The Morgan fingerprint density at radius 3 is 2.71 bits per heavy atom. The fraction of sp³-hybridized carbons (Fsp3) is 0.286. The maximum absolute atomic E-state index is 12.4. The van der Waals surface area contributed by atoms with Gasteiger partial charge in [-0.25, -0.2) is 0 Å². The standard InChI is InChI=1S/C21H23ClN4OS/c1-4-26-20(17-9-5-7-14(2)11-17)24-25-21(26)28-13-19(27)23-15(3)16-8-6-10-18(22)12-16/h5-12,15H,4,13H2,1-3H3,(H,23,27). The van der Waals surface area contributed by atoms with Gasteiger partial charge in [0.05, 0.1) is 11.8 Å². The second-order valence-electron chi connectivity index (χ2n) is 6.55. The lowest BCUT2D eigenvalue weighted by molar-refractivity contribution is -0.119. The zero-order chi connectivity index (χ0) is 20.1. The molecule has 28 heavy (non-hydrogen) atoms. The highest BCUT2D eigenvalue weighted by atomic mass is 35.5. The number of nitrogens with zero attached hydrogens (tertiary/aromatic N) is 3. The molecule has 7 heteroatoms. The highest BCUT2D eigenvalue weighted by molar-refractivity contribution is 7.99. The summed E-state index contributed by atoms with van der Waals surface area (Å²) in [6.45, 7) is 6.78. The molecule has 2 aromatic carbocycles. The summed E-state index contributed by atoms with van der Waals surface area (Å²) < 4.78 is 2.03. The summed E-state index contributed by atoms with van der Waals surface area (Å²) >= 11 is 7.42. The molecule has 1 aromatic heterocycles. The third-order valence-corrected chi connectivity index (χ3v) is 5.57. The first-order valence-electron chi connectivity index (χ1n) is 9.15. The molecule has 0 aliphatic carbocycles. The molecule has 5 nitrogen and oxygen atoms in total. The number of carbonyl (C=O) groups is 1. The quantitative estimate of drug-likeness (QED) is 0.559. The summed E-state index contributed by atoms with van der Waals surface area (Å²) in [6.07, 6.45) is 0. The van der Waals surface area contributed by atoms with Crippen LogP contribution in [0.15, 0.2) is 53.7 Å². The lowest BCUT2D eigenvalue weighted by Gasteiger charge is -2.14. The average Bonchev–Trinajstić information content (AvgIpc) is 3.09. The first-order chi connectivity index (χ1) is 13.5. The Bertz CT molecular complexity index is 973. The van der Waals surface area contributed by atoms with Crippen LogP contribution < -0.4 is 5.32 Å². The number of hydrogen-bond acceptors (Lipinski definition) is 4. The first kappa shape index (κ1) is 20.4. The summed E-state index contributed by atoms with van der Waals surface area (Å²) in [5, 5.41) is 13.0. The van der Waals surface area contributed by atoms with Crippen molar-refractivity contribution in [1.29, 1.82) is 0 Å². The molecule has 0 radical (unpaired) electrons. The van der Waals surface area contributed by atoms with E-state index < -0.39 is 0 Å². The maximum Gasteiger partial charge on any atom is 0.230 e. The second kappa shape index (κ2) is 9.26. The maximum atomic E-state index is 12.4. The van der Waals surface area contributed by atoms with E-state index in [-0.39, 0.29) is 17.7 Å². The van der Waals surface area contributed by atoms with E-state index >= 15 is 0 Å². The summed E-state index contributed by atoms with van der Waals surface area (Å²) in [5.41, 5.74) is 3.18. The van der Waals surface area contributed by atoms with Gasteiger partial charge in [0.15, 0.2) is 11.0 Å². The van der Waals surface area contributed by atoms with E-state index in [9.17, 15) is 4.79 Å². The minimum atomic E-state index is -0.112. The molecule has 0 aliphatic rings. The molecular weight excluding hydrogens is 392 g/mol. The van der Waals surface area contributed by atoms with Crippen molar-refractivity contribution < 1.29 is 4.79 Å². The fourth-order valence-corrected chi connectivity index (χ4v) is 3.96. The van der Waals surface area contributed by atoms with Gasteiger partial charge in [0.25, 0.3) is 0 Å².